The van der Waals surface area contributed by atoms with Crippen LogP contribution in [0.4, 0.5) is 0 Å². The minimum Gasteiger partial charge on any atom is -0.314 e. The Morgan fingerprint density at radius 2 is 1.94 bits per heavy atom. The van der Waals surface area contributed by atoms with Gasteiger partial charge in [-0.25, -0.2) is 8.42 Å². The van der Waals surface area contributed by atoms with Gasteiger partial charge in [0.05, 0.1) is 4.90 Å². The fourth-order valence-corrected chi connectivity index (χ4v) is 3.68. The average molecular weight is 311 g/mol. The Bertz CT molecular complexity index is 490. The van der Waals surface area contributed by atoms with E-state index in [2.05, 4.69) is 5.32 Å². The molecule has 2 rings (SSSR count). The normalized spacial score (nSPS) is 21.3. The number of hydrogen-bond acceptors (Lipinski definition) is 3. The molecule has 1 aromatic rings. The van der Waals surface area contributed by atoms with E-state index in [0.29, 0.717) is 29.6 Å². The van der Waals surface area contributed by atoms with E-state index >= 15 is 0 Å². The van der Waals surface area contributed by atoms with Crippen LogP contribution in [-0.2, 0) is 10.0 Å². The maximum absolute atomic E-state index is 12.4. The van der Waals surface area contributed by atoms with Crippen molar-refractivity contribution in [1.82, 2.24) is 9.62 Å². The van der Waals surface area contributed by atoms with Gasteiger partial charge < -0.3 is 5.32 Å². The summed E-state index contributed by atoms with van der Waals surface area (Å²) in [5.41, 5.74) is 0. The molecule has 1 fully saturated rings. The first kappa shape index (κ1) is 15.7. The zero-order chi connectivity index (χ0) is 12.5. The van der Waals surface area contributed by atoms with Gasteiger partial charge in [-0.3, -0.25) is 0 Å². The van der Waals surface area contributed by atoms with E-state index in [0.717, 1.165) is 0 Å². The van der Waals surface area contributed by atoms with Gasteiger partial charge in [0.15, 0.2) is 0 Å². The number of sulfonamides is 1. The molecule has 0 aromatic heterocycles. The highest BCUT2D eigenvalue weighted by Crippen LogP contribution is 2.20. The van der Waals surface area contributed by atoms with E-state index in [1.807, 2.05) is 6.92 Å². The average Bonchev–Trinajstić information content (AvgIpc) is 2.30. The zero-order valence-corrected chi connectivity index (χ0v) is 12.4. The van der Waals surface area contributed by atoms with E-state index in [9.17, 15) is 8.42 Å². The van der Waals surface area contributed by atoms with Crippen molar-refractivity contribution >= 4 is 34.0 Å². The number of hydrogen-bond donors (Lipinski definition) is 1. The summed E-state index contributed by atoms with van der Waals surface area (Å²) in [6.45, 7) is 3.79. The molecule has 1 heterocycles. The van der Waals surface area contributed by atoms with Crippen LogP contribution in [0.25, 0.3) is 0 Å². The first-order valence-corrected chi connectivity index (χ1v) is 7.32. The van der Waals surface area contributed by atoms with Crippen LogP contribution in [-0.4, -0.2) is 38.4 Å². The summed E-state index contributed by atoms with van der Waals surface area (Å²) in [5, 5.41) is 3.71. The van der Waals surface area contributed by atoms with Crippen LogP contribution in [0.3, 0.4) is 0 Å². The van der Waals surface area contributed by atoms with Gasteiger partial charge in [-0.15, -0.1) is 12.4 Å². The van der Waals surface area contributed by atoms with Crippen LogP contribution in [0.15, 0.2) is 29.2 Å². The van der Waals surface area contributed by atoms with Gasteiger partial charge in [0.25, 0.3) is 0 Å². The number of benzene rings is 1. The van der Waals surface area contributed by atoms with Crippen molar-refractivity contribution in [3.05, 3.63) is 29.3 Å². The Morgan fingerprint density at radius 1 is 1.33 bits per heavy atom. The van der Waals surface area contributed by atoms with Crippen molar-refractivity contribution in [1.29, 1.82) is 0 Å². The third-order valence-corrected chi connectivity index (χ3v) is 5.14. The van der Waals surface area contributed by atoms with E-state index < -0.39 is 10.0 Å². The monoisotopic (exact) mass is 310 g/mol. The molecule has 0 bridgehead atoms. The Kier molecular flexibility index (Phi) is 5.43. The molecule has 18 heavy (non-hydrogen) atoms. The number of halogens is 2. The topological polar surface area (TPSA) is 49.4 Å². The van der Waals surface area contributed by atoms with E-state index in [4.69, 9.17) is 11.6 Å². The summed E-state index contributed by atoms with van der Waals surface area (Å²) in [7, 11) is -3.39. The second-order valence-electron chi connectivity index (χ2n) is 4.12. The lowest BCUT2D eigenvalue weighted by Gasteiger charge is -2.32. The Labute approximate surface area is 119 Å². The fraction of sp³-hybridized carbons (Fsp3) is 0.455. The highest BCUT2D eigenvalue weighted by Gasteiger charge is 2.30. The standard InChI is InChI=1S/C11H15ClN2O2S.ClH/c1-9-8-13-6-7-14(9)17(15,16)11-4-2-10(12)3-5-11;/h2-5,9,13H,6-8H2,1H3;1H/t9-;/m1./s1. The number of nitrogens with one attached hydrogen (secondary N) is 1. The van der Waals surface area contributed by atoms with Crippen molar-refractivity contribution in [3.63, 3.8) is 0 Å². The van der Waals surface area contributed by atoms with Crippen LogP contribution in [0.1, 0.15) is 6.92 Å². The molecule has 1 aliphatic heterocycles. The highest BCUT2D eigenvalue weighted by molar-refractivity contribution is 7.89. The van der Waals surface area contributed by atoms with Gasteiger partial charge in [0.1, 0.15) is 0 Å². The minimum absolute atomic E-state index is 0. The minimum atomic E-state index is -3.39. The van der Waals surface area contributed by atoms with Crippen molar-refractivity contribution in [2.75, 3.05) is 19.6 Å². The zero-order valence-electron chi connectivity index (χ0n) is 9.97. The number of piperazine rings is 1. The third-order valence-electron chi connectivity index (χ3n) is 2.86. The van der Waals surface area contributed by atoms with Crippen molar-refractivity contribution in [2.45, 2.75) is 17.9 Å². The molecule has 0 amide bonds. The summed E-state index contributed by atoms with van der Waals surface area (Å²) in [6.07, 6.45) is 0. The lowest BCUT2D eigenvalue weighted by molar-refractivity contribution is 0.284. The molecule has 4 nitrogen and oxygen atoms in total. The van der Waals surface area contributed by atoms with Crippen LogP contribution >= 0.6 is 24.0 Å². The highest BCUT2D eigenvalue weighted by atomic mass is 35.5. The predicted molar refractivity (Wildman–Crippen MR) is 74.9 cm³/mol. The largest absolute Gasteiger partial charge is 0.314 e. The molecule has 0 saturated carbocycles. The molecular formula is C11H16Cl2N2O2S. The van der Waals surface area contributed by atoms with Crippen LogP contribution in [0.2, 0.25) is 5.02 Å². The fourth-order valence-electron chi connectivity index (χ4n) is 1.92. The van der Waals surface area contributed by atoms with Crippen molar-refractivity contribution < 1.29 is 8.42 Å². The van der Waals surface area contributed by atoms with Gasteiger partial charge in [-0.05, 0) is 31.2 Å². The SMILES string of the molecule is C[C@@H]1CNCCN1S(=O)(=O)c1ccc(Cl)cc1.Cl. The van der Waals surface area contributed by atoms with Gasteiger partial charge >= 0.3 is 0 Å². The predicted octanol–water partition coefficient (Wildman–Crippen LogP) is 1.74. The van der Waals surface area contributed by atoms with Gasteiger partial charge in [0, 0.05) is 30.7 Å². The molecular weight excluding hydrogens is 295 g/mol. The summed E-state index contributed by atoms with van der Waals surface area (Å²) < 4.78 is 26.3. The van der Waals surface area contributed by atoms with E-state index in [1.54, 1.807) is 24.3 Å². The molecule has 0 spiro atoms. The van der Waals surface area contributed by atoms with Crippen molar-refractivity contribution in [3.8, 4) is 0 Å². The van der Waals surface area contributed by atoms with Gasteiger partial charge in [-0.2, -0.15) is 4.31 Å². The molecule has 1 atom stereocenters. The maximum Gasteiger partial charge on any atom is 0.243 e. The van der Waals surface area contributed by atoms with E-state index in [1.165, 1.54) is 4.31 Å². The summed E-state index contributed by atoms with van der Waals surface area (Å²) >= 11 is 5.76. The van der Waals surface area contributed by atoms with E-state index in [-0.39, 0.29) is 18.4 Å². The number of rotatable bonds is 2. The van der Waals surface area contributed by atoms with Gasteiger partial charge in [-0.1, -0.05) is 11.6 Å². The Morgan fingerprint density at radius 3 is 2.50 bits per heavy atom. The quantitative estimate of drug-likeness (QED) is 0.905. The van der Waals surface area contributed by atoms with Crippen LogP contribution in [0, 0.1) is 0 Å². The smallest absolute Gasteiger partial charge is 0.243 e. The molecule has 1 N–H and O–H groups in total. The first-order chi connectivity index (χ1) is 8.01. The second-order valence-corrected chi connectivity index (χ2v) is 6.45. The first-order valence-electron chi connectivity index (χ1n) is 5.50. The Hall–Kier alpha value is -0.330. The summed E-state index contributed by atoms with van der Waals surface area (Å²) in [6, 6.07) is 6.27. The lowest BCUT2D eigenvalue weighted by Crippen LogP contribution is -2.52. The molecule has 7 heteroatoms. The molecule has 1 aromatic carbocycles. The molecule has 1 aliphatic rings. The third kappa shape index (κ3) is 3.16. The second kappa shape index (κ2) is 6.21. The maximum atomic E-state index is 12.4. The molecule has 1 saturated heterocycles. The van der Waals surface area contributed by atoms with Gasteiger partial charge in [0.2, 0.25) is 10.0 Å². The summed E-state index contributed by atoms with van der Waals surface area (Å²) in [5.74, 6) is 0. The summed E-state index contributed by atoms with van der Waals surface area (Å²) in [4.78, 5) is 0.302. The molecule has 0 unspecified atom stereocenters. The lowest BCUT2D eigenvalue weighted by atomic mass is 10.3. The Balaban J connectivity index is 0.00000162. The molecule has 102 valence electrons. The van der Waals surface area contributed by atoms with Crippen molar-refractivity contribution in [2.24, 2.45) is 0 Å². The number of nitrogens with zero attached hydrogens (tertiary/aromatic N) is 1. The van der Waals surface area contributed by atoms with Crippen LogP contribution in [0.5, 0.6) is 0 Å². The molecule has 0 radical (unpaired) electrons. The molecule has 0 aliphatic carbocycles. The van der Waals surface area contributed by atoms with Crippen LogP contribution < -0.4 is 5.32 Å².